The van der Waals surface area contributed by atoms with Crippen molar-refractivity contribution in [2.24, 2.45) is 0 Å². The molecule has 2 aromatic carbocycles. The van der Waals surface area contributed by atoms with Crippen molar-refractivity contribution < 1.29 is 33.3 Å². The molecule has 0 N–H and O–H groups in total. The highest BCUT2D eigenvalue weighted by Gasteiger charge is 2.15. The minimum absolute atomic E-state index is 0.289. The van der Waals surface area contributed by atoms with E-state index < -0.39 is 18.4 Å². The molecule has 29 heavy (non-hydrogen) atoms. The SMILES string of the molecule is COc1ccc(C(=O)COC(=O)C=Cc2cc(Cl)c(OC)c(OC)c2)c(OC)c1. The number of hydrogen-bond donors (Lipinski definition) is 0. The van der Waals surface area contributed by atoms with Crippen LogP contribution < -0.4 is 18.9 Å². The lowest BCUT2D eigenvalue weighted by Gasteiger charge is -2.10. The highest BCUT2D eigenvalue weighted by molar-refractivity contribution is 6.32. The predicted octanol–water partition coefficient (Wildman–Crippen LogP) is 3.81. The third-order valence-electron chi connectivity index (χ3n) is 3.92. The number of carbonyl (C=O) groups excluding carboxylic acids is 2. The van der Waals surface area contributed by atoms with Gasteiger partial charge in [0.25, 0.3) is 0 Å². The maximum atomic E-state index is 12.3. The van der Waals surface area contributed by atoms with Crippen LogP contribution in [0.2, 0.25) is 5.02 Å². The summed E-state index contributed by atoms with van der Waals surface area (Å²) in [4.78, 5) is 24.3. The second-order valence-corrected chi connectivity index (χ2v) is 6.08. The summed E-state index contributed by atoms with van der Waals surface area (Å²) in [5.74, 6) is 0.618. The minimum Gasteiger partial charge on any atom is -0.497 e. The van der Waals surface area contributed by atoms with Crippen molar-refractivity contribution in [3.05, 3.63) is 52.6 Å². The van der Waals surface area contributed by atoms with E-state index in [-0.39, 0.29) is 5.56 Å². The first-order valence-electron chi connectivity index (χ1n) is 8.45. The lowest BCUT2D eigenvalue weighted by Crippen LogP contribution is -2.13. The molecule has 0 heterocycles. The summed E-state index contributed by atoms with van der Waals surface area (Å²) in [7, 11) is 5.91. The summed E-state index contributed by atoms with van der Waals surface area (Å²) in [6.07, 6.45) is 2.69. The van der Waals surface area contributed by atoms with E-state index in [1.54, 1.807) is 30.3 Å². The van der Waals surface area contributed by atoms with E-state index in [1.165, 1.54) is 40.6 Å². The summed E-state index contributed by atoms with van der Waals surface area (Å²) < 4.78 is 25.7. The molecule has 0 aromatic heterocycles. The van der Waals surface area contributed by atoms with Crippen molar-refractivity contribution in [3.63, 3.8) is 0 Å². The van der Waals surface area contributed by atoms with Gasteiger partial charge in [-0.15, -0.1) is 0 Å². The number of rotatable bonds is 9. The summed E-state index contributed by atoms with van der Waals surface area (Å²) >= 11 is 6.13. The zero-order valence-electron chi connectivity index (χ0n) is 16.5. The Labute approximate surface area is 173 Å². The number of Topliss-reactive ketones (excluding diaryl/α,β-unsaturated/α-hetero) is 1. The first kappa shape index (κ1) is 22.1. The molecule has 2 rings (SSSR count). The van der Waals surface area contributed by atoms with Gasteiger partial charge < -0.3 is 23.7 Å². The van der Waals surface area contributed by atoms with Crippen molar-refractivity contribution in [1.29, 1.82) is 0 Å². The Kier molecular flexibility index (Phi) is 7.91. The minimum atomic E-state index is -0.684. The monoisotopic (exact) mass is 420 g/mol. The fourth-order valence-electron chi connectivity index (χ4n) is 2.49. The summed E-state index contributed by atoms with van der Waals surface area (Å²) in [6, 6.07) is 8.02. The van der Waals surface area contributed by atoms with Gasteiger partial charge in [-0.1, -0.05) is 11.6 Å². The topological polar surface area (TPSA) is 80.3 Å². The summed E-state index contributed by atoms with van der Waals surface area (Å²) in [6.45, 7) is -0.432. The molecule has 7 nitrogen and oxygen atoms in total. The van der Waals surface area contributed by atoms with Crippen LogP contribution in [-0.2, 0) is 9.53 Å². The van der Waals surface area contributed by atoms with E-state index in [2.05, 4.69) is 0 Å². The normalized spacial score (nSPS) is 10.5. The van der Waals surface area contributed by atoms with Crippen LogP contribution >= 0.6 is 11.6 Å². The van der Waals surface area contributed by atoms with E-state index >= 15 is 0 Å². The Morgan fingerprint density at radius 2 is 1.66 bits per heavy atom. The molecule has 0 fully saturated rings. The average molecular weight is 421 g/mol. The van der Waals surface area contributed by atoms with Gasteiger partial charge in [0.05, 0.1) is 39.0 Å². The molecule has 0 aliphatic rings. The molecule has 0 atom stereocenters. The molecule has 0 amide bonds. The smallest absolute Gasteiger partial charge is 0.331 e. The van der Waals surface area contributed by atoms with Crippen molar-refractivity contribution >= 4 is 29.4 Å². The predicted molar refractivity (Wildman–Crippen MR) is 108 cm³/mol. The lowest BCUT2D eigenvalue weighted by atomic mass is 10.1. The van der Waals surface area contributed by atoms with Gasteiger partial charge in [-0.25, -0.2) is 4.79 Å². The average Bonchev–Trinajstić information content (AvgIpc) is 2.74. The maximum absolute atomic E-state index is 12.3. The third kappa shape index (κ3) is 5.65. The van der Waals surface area contributed by atoms with Gasteiger partial charge in [0.2, 0.25) is 5.78 Å². The number of halogens is 1. The Hall–Kier alpha value is -3.19. The molecule has 0 radical (unpaired) electrons. The Morgan fingerprint density at radius 1 is 0.931 bits per heavy atom. The van der Waals surface area contributed by atoms with Gasteiger partial charge in [-0.2, -0.15) is 0 Å². The largest absolute Gasteiger partial charge is 0.497 e. The Balaban J connectivity index is 2.03. The van der Waals surface area contributed by atoms with Crippen LogP contribution in [0.1, 0.15) is 15.9 Å². The number of methoxy groups -OCH3 is 4. The van der Waals surface area contributed by atoms with Crippen LogP contribution in [0.4, 0.5) is 0 Å². The standard InChI is InChI=1S/C21H21ClO7/c1-25-14-6-7-15(18(11-14)26-2)17(23)12-29-20(24)8-5-13-9-16(22)21(28-4)19(10-13)27-3/h5-11H,12H2,1-4H3. The van der Waals surface area contributed by atoms with E-state index in [0.29, 0.717) is 33.6 Å². The van der Waals surface area contributed by atoms with Gasteiger partial charge >= 0.3 is 5.97 Å². The fourth-order valence-corrected chi connectivity index (χ4v) is 2.79. The quantitative estimate of drug-likeness (QED) is 0.346. The second kappa shape index (κ2) is 10.4. The van der Waals surface area contributed by atoms with Crippen LogP contribution in [0, 0.1) is 0 Å². The van der Waals surface area contributed by atoms with E-state index in [4.69, 9.17) is 35.3 Å². The highest BCUT2D eigenvalue weighted by Crippen LogP contribution is 2.36. The molecule has 0 aliphatic heterocycles. The van der Waals surface area contributed by atoms with Crippen LogP contribution in [0.3, 0.4) is 0 Å². The molecule has 0 unspecified atom stereocenters. The van der Waals surface area contributed by atoms with Crippen LogP contribution in [0.15, 0.2) is 36.4 Å². The first-order valence-corrected chi connectivity index (χ1v) is 8.82. The molecule has 2 aromatic rings. The molecule has 0 saturated heterocycles. The number of carbonyl (C=O) groups is 2. The zero-order valence-corrected chi connectivity index (χ0v) is 17.2. The maximum Gasteiger partial charge on any atom is 0.331 e. The van der Waals surface area contributed by atoms with Crippen molar-refractivity contribution in [2.45, 2.75) is 0 Å². The highest BCUT2D eigenvalue weighted by atomic mass is 35.5. The Bertz CT molecular complexity index is 921. The molecule has 8 heteroatoms. The zero-order chi connectivity index (χ0) is 21.4. The van der Waals surface area contributed by atoms with Crippen LogP contribution in [0.5, 0.6) is 23.0 Å². The van der Waals surface area contributed by atoms with E-state index in [9.17, 15) is 9.59 Å². The number of benzene rings is 2. The lowest BCUT2D eigenvalue weighted by molar-refractivity contribution is -0.136. The number of ether oxygens (including phenoxy) is 5. The van der Waals surface area contributed by atoms with Gasteiger partial charge in [-0.3, -0.25) is 4.79 Å². The van der Waals surface area contributed by atoms with Crippen molar-refractivity contribution in [3.8, 4) is 23.0 Å². The number of ketones is 1. The molecule has 0 aliphatic carbocycles. The molecule has 0 spiro atoms. The number of esters is 1. The van der Waals surface area contributed by atoms with E-state index in [0.717, 1.165) is 0 Å². The van der Waals surface area contributed by atoms with Gasteiger partial charge in [0.1, 0.15) is 11.5 Å². The van der Waals surface area contributed by atoms with Gasteiger partial charge in [0.15, 0.2) is 18.1 Å². The molecular weight excluding hydrogens is 400 g/mol. The van der Waals surface area contributed by atoms with Crippen molar-refractivity contribution in [1.82, 2.24) is 0 Å². The van der Waals surface area contributed by atoms with Crippen LogP contribution in [-0.4, -0.2) is 46.8 Å². The van der Waals surface area contributed by atoms with E-state index in [1.807, 2.05) is 0 Å². The molecule has 0 bridgehead atoms. The summed E-state index contributed by atoms with van der Waals surface area (Å²) in [5, 5.41) is 0.335. The van der Waals surface area contributed by atoms with Crippen LogP contribution in [0.25, 0.3) is 6.08 Å². The Morgan fingerprint density at radius 3 is 2.28 bits per heavy atom. The molecular formula is C21H21ClO7. The van der Waals surface area contributed by atoms with Gasteiger partial charge in [0, 0.05) is 12.1 Å². The first-order chi connectivity index (χ1) is 13.9. The molecule has 154 valence electrons. The number of hydrogen-bond acceptors (Lipinski definition) is 7. The second-order valence-electron chi connectivity index (χ2n) is 5.67. The van der Waals surface area contributed by atoms with Crippen molar-refractivity contribution in [2.75, 3.05) is 35.0 Å². The summed E-state index contributed by atoms with van der Waals surface area (Å²) in [5.41, 5.74) is 0.893. The van der Waals surface area contributed by atoms with Gasteiger partial charge in [-0.05, 0) is 35.9 Å². The molecule has 0 saturated carbocycles. The fraction of sp³-hybridized carbons (Fsp3) is 0.238. The third-order valence-corrected chi connectivity index (χ3v) is 4.20.